The average molecular weight is 509 g/mol. The van der Waals surface area contributed by atoms with E-state index in [1.54, 1.807) is 10.2 Å². The van der Waals surface area contributed by atoms with Crippen LogP contribution in [0.1, 0.15) is 38.9 Å². The number of rotatable bonds is 3. The third kappa shape index (κ3) is 2.53. The molecule has 4 aliphatic carbocycles. The van der Waals surface area contributed by atoms with E-state index in [0.29, 0.717) is 36.3 Å². The lowest BCUT2D eigenvalue weighted by molar-refractivity contribution is -0.155. The van der Waals surface area contributed by atoms with Gasteiger partial charge in [-0.05, 0) is 30.2 Å². The van der Waals surface area contributed by atoms with E-state index in [4.69, 9.17) is 4.74 Å². The number of fused-ring (bicyclic) bond motifs is 2. The second-order valence-electron chi connectivity index (χ2n) is 9.96. The number of ether oxygens (including phenoxy) is 1. The number of hydrogen-bond acceptors (Lipinski definition) is 5. The van der Waals surface area contributed by atoms with E-state index >= 15 is 0 Å². The van der Waals surface area contributed by atoms with Crippen molar-refractivity contribution in [2.75, 3.05) is 0 Å². The summed E-state index contributed by atoms with van der Waals surface area (Å²) in [6.07, 6.45) is -4.30. The fourth-order valence-electron chi connectivity index (χ4n) is 6.84. The Bertz CT molecular complexity index is 1440. The van der Waals surface area contributed by atoms with Crippen molar-refractivity contribution in [1.82, 2.24) is 14.8 Å². The smallest absolute Gasteiger partial charge is 0.412 e. The van der Waals surface area contributed by atoms with Crippen molar-refractivity contribution in [2.45, 2.75) is 43.1 Å². The van der Waals surface area contributed by atoms with E-state index in [9.17, 15) is 41.4 Å². The number of hydrogen-bond donors (Lipinski definition) is 2. The molecule has 188 valence electrons. The molecule has 2 amide bonds. The zero-order valence-electron chi connectivity index (χ0n) is 18.1. The van der Waals surface area contributed by atoms with Gasteiger partial charge in [-0.2, -0.15) is 13.2 Å². The van der Waals surface area contributed by atoms with Gasteiger partial charge >= 0.3 is 6.18 Å². The van der Waals surface area contributed by atoms with Crippen LogP contribution in [0.2, 0.25) is 0 Å². The molecular formula is C23H16F5N3O5. The fourth-order valence-corrected chi connectivity index (χ4v) is 6.84. The van der Waals surface area contributed by atoms with Crippen LogP contribution in [-0.2, 0) is 11.3 Å². The Labute approximate surface area is 198 Å². The topological polar surface area (TPSA) is 101 Å². The molecule has 2 aromatic rings. The summed E-state index contributed by atoms with van der Waals surface area (Å²) < 4.78 is 75.6. The fraction of sp³-hybridized carbons (Fsp3) is 0.435. The van der Waals surface area contributed by atoms with Crippen molar-refractivity contribution in [3.8, 4) is 5.75 Å². The van der Waals surface area contributed by atoms with Crippen LogP contribution in [0.3, 0.4) is 0 Å². The van der Waals surface area contributed by atoms with Gasteiger partial charge in [-0.3, -0.25) is 14.4 Å². The molecule has 3 heterocycles. The van der Waals surface area contributed by atoms with E-state index in [1.165, 1.54) is 0 Å². The summed E-state index contributed by atoms with van der Waals surface area (Å²) >= 11 is 0. The zero-order valence-corrected chi connectivity index (χ0v) is 18.1. The number of halogens is 5. The van der Waals surface area contributed by atoms with Crippen LogP contribution in [-0.4, -0.2) is 50.4 Å². The van der Waals surface area contributed by atoms with Crippen LogP contribution in [0.4, 0.5) is 22.0 Å². The van der Waals surface area contributed by atoms with Gasteiger partial charge in [-0.1, -0.05) is 6.07 Å². The minimum atomic E-state index is -5.20. The van der Waals surface area contributed by atoms with Gasteiger partial charge in [0.05, 0.1) is 18.2 Å². The number of carbonyl (C=O) groups excluding carboxylic acids is 2. The maximum atomic E-state index is 14.1. The molecule has 36 heavy (non-hydrogen) atoms. The molecule has 13 heteroatoms. The standard InChI is InChI=1S/C23H16F5N3O5/c24-7-1-2-8(10(25)3-7)19(23(26,27)28)29-20(34)9-5-30-6-12-31(21(35)16(30)18(33)17(9)32)22-4-11(36-12)13-14(22)15(13)22/h1-3,5,11-15,19,33H,4,6H2,(H,29,34)/t11?,12-,13?,14-,15?,19+,22?/m1/s1. The zero-order chi connectivity index (χ0) is 25.5. The number of pyridine rings is 1. The second-order valence-corrected chi connectivity index (χ2v) is 9.96. The van der Waals surface area contributed by atoms with Crippen LogP contribution in [0.25, 0.3) is 0 Å². The normalized spacial score (nSPS) is 33.4. The number of nitrogens with one attached hydrogen (secondary N) is 1. The first-order valence-electron chi connectivity index (χ1n) is 11.2. The van der Waals surface area contributed by atoms with E-state index < -0.39 is 64.2 Å². The van der Waals surface area contributed by atoms with Gasteiger partial charge in [-0.15, -0.1) is 0 Å². The molecule has 0 radical (unpaired) electrons. The van der Waals surface area contributed by atoms with Crippen LogP contribution in [0.15, 0.2) is 29.2 Å². The number of aromatic nitrogens is 1. The van der Waals surface area contributed by atoms with Crippen LogP contribution in [0.5, 0.6) is 5.75 Å². The van der Waals surface area contributed by atoms with Gasteiger partial charge in [0.15, 0.2) is 23.7 Å². The average Bonchev–Trinajstić information content (AvgIpc) is 3.64. The largest absolute Gasteiger partial charge is 0.503 e. The highest BCUT2D eigenvalue weighted by Gasteiger charge is 2.95. The Balaban J connectivity index is 1.24. The van der Waals surface area contributed by atoms with E-state index in [1.807, 2.05) is 0 Å². The first-order valence-corrected chi connectivity index (χ1v) is 11.2. The third-order valence-corrected chi connectivity index (χ3v) is 8.30. The Kier molecular flexibility index (Phi) is 3.90. The number of benzene rings is 1. The molecule has 5 fully saturated rings. The first-order chi connectivity index (χ1) is 16.9. The highest BCUT2D eigenvalue weighted by atomic mass is 19.4. The van der Waals surface area contributed by atoms with Crippen LogP contribution in [0, 0.1) is 29.4 Å². The summed E-state index contributed by atoms with van der Waals surface area (Å²) in [5, 5.41) is 12.1. The van der Waals surface area contributed by atoms with E-state index in [2.05, 4.69) is 0 Å². The molecule has 2 N–H and O–H groups in total. The lowest BCUT2D eigenvalue weighted by Gasteiger charge is -2.45. The minimum Gasteiger partial charge on any atom is -0.503 e. The van der Waals surface area contributed by atoms with E-state index in [0.717, 1.165) is 10.8 Å². The highest BCUT2D eigenvalue weighted by Crippen LogP contribution is 2.88. The van der Waals surface area contributed by atoms with E-state index in [-0.39, 0.29) is 29.9 Å². The lowest BCUT2D eigenvalue weighted by Crippen LogP contribution is -2.59. The molecule has 8 nitrogen and oxygen atoms in total. The summed E-state index contributed by atoms with van der Waals surface area (Å²) in [5.41, 5.74) is -3.96. The minimum absolute atomic E-state index is 0.00416. The van der Waals surface area contributed by atoms with Crippen molar-refractivity contribution >= 4 is 11.8 Å². The molecule has 8 rings (SSSR count). The molecule has 2 aliphatic heterocycles. The van der Waals surface area contributed by atoms with Crippen molar-refractivity contribution in [3.63, 3.8) is 0 Å². The lowest BCUT2D eigenvalue weighted by atomic mass is 10.0. The second kappa shape index (κ2) is 6.44. The Hall–Kier alpha value is -3.48. The molecule has 1 spiro atoms. The predicted molar refractivity (Wildman–Crippen MR) is 108 cm³/mol. The number of nitrogens with zero attached hydrogens (tertiary/aromatic N) is 2. The summed E-state index contributed by atoms with van der Waals surface area (Å²) in [4.78, 5) is 40.4. The maximum absolute atomic E-state index is 14.1. The van der Waals surface area contributed by atoms with Gasteiger partial charge in [0, 0.05) is 17.8 Å². The van der Waals surface area contributed by atoms with Gasteiger partial charge in [0.25, 0.3) is 11.8 Å². The van der Waals surface area contributed by atoms with Crippen LogP contribution >= 0.6 is 0 Å². The molecule has 4 unspecified atom stereocenters. The molecule has 7 atom stereocenters. The summed E-state index contributed by atoms with van der Waals surface area (Å²) in [6, 6.07) is -1.53. The number of carbonyl (C=O) groups is 2. The van der Waals surface area contributed by atoms with Gasteiger partial charge in [0.2, 0.25) is 5.43 Å². The third-order valence-electron chi connectivity index (χ3n) is 8.30. The molecule has 3 bridgehead atoms. The molecular weight excluding hydrogens is 493 g/mol. The van der Waals surface area contributed by atoms with Crippen molar-refractivity contribution < 1.29 is 41.4 Å². The quantitative estimate of drug-likeness (QED) is 0.618. The monoisotopic (exact) mass is 509 g/mol. The molecule has 1 aromatic carbocycles. The first kappa shape index (κ1) is 21.8. The Morgan fingerprint density at radius 3 is 2.61 bits per heavy atom. The maximum Gasteiger partial charge on any atom is 0.412 e. The number of alkyl halides is 3. The van der Waals surface area contributed by atoms with Gasteiger partial charge in [-0.25, -0.2) is 8.78 Å². The van der Waals surface area contributed by atoms with Crippen molar-refractivity contribution in [1.29, 1.82) is 0 Å². The van der Waals surface area contributed by atoms with Crippen LogP contribution < -0.4 is 10.7 Å². The molecule has 4 saturated carbocycles. The summed E-state index contributed by atoms with van der Waals surface area (Å²) in [7, 11) is 0. The Morgan fingerprint density at radius 1 is 1.22 bits per heavy atom. The van der Waals surface area contributed by atoms with Gasteiger partial charge < -0.3 is 24.6 Å². The molecule has 6 aliphatic rings. The Morgan fingerprint density at radius 2 is 1.94 bits per heavy atom. The molecule has 1 saturated heterocycles. The van der Waals surface area contributed by atoms with Gasteiger partial charge in [0.1, 0.15) is 17.2 Å². The highest BCUT2D eigenvalue weighted by molar-refractivity contribution is 6.00. The number of amides is 2. The predicted octanol–water partition coefficient (Wildman–Crippen LogP) is 2.06. The van der Waals surface area contributed by atoms with Crippen molar-refractivity contribution in [2.24, 2.45) is 17.8 Å². The SMILES string of the molecule is O=C(N[C@@H](c1ccc(F)cc1F)C(F)(F)F)c1cn2c(c(O)c1=O)C(=O)N1[C@@H](C2)OC2CC13C1C2[C@H]13. The van der Waals surface area contributed by atoms with Crippen molar-refractivity contribution in [3.05, 3.63) is 63.1 Å². The number of aromatic hydroxyl groups is 1. The summed E-state index contributed by atoms with van der Waals surface area (Å²) in [5.74, 6) is -4.81. The molecule has 1 aromatic heterocycles. The summed E-state index contributed by atoms with van der Waals surface area (Å²) in [6.45, 7) is -0.0328.